The van der Waals surface area contributed by atoms with Gasteiger partial charge < -0.3 is 4.90 Å². The summed E-state index contributed by atoms with van der Waals surface area (Å²) in [7, 11) is 0. The Hall–Kier alpha value is -13.2. The Kier molecular flexibility index (Phi) is 21.1. The molecule has 1 nitrogen and oxygen atoms in total. The molecule has 0 heterocycles. The highest BCUT2D eigenvalue weighted by molar-refractivity contribution is 5.93. The van der Waals surface area contributed by atoms with Crippen LogP contribution in [0.4, 0.5) is 17.1 Å². The molecule has 3 atom stereocenters. The Bertz CT molecular complexity index is 5910. The van der Waals surface area contributed by atoms with E-state index >= 15 is 0 Å². The third-order valence-electron chi connectivity index (χ3n) is 26.5. The second-order valence-corrected chi connectivity index (χ2v) is 33.4. The molecule has 0 saturated carbocycles. The van der Waals surface area contributed by atoms with Gasteiger partial charge in [0.25, 0.3) is 0 Å². The van der Waals surface area contributed by atoms with E-state index in [1.165, 1.54) is 202 Å². The summed E-state index contributed by atoms with van der Waals surface area (Å²) in [6.07, 6.45) is 17.2. The number of unbranched alkanes of at least 4 members (excludes halogenated alkanes) is 6. The van der Waals surface area contributed by atoms with E-state index < -0.39 is 16.2 Å². The number of benzene rings is 16. The monoisotopic (exact) mass is 1530 g/mol. The Labute approximate surface area is 705 Å². The van der Waals surface area contributed by atoms with Crippen molar-refractivity contribution < 1.29 is 0 Å². The quantitative estimate of drug-likeness (QED) is 0.0349. The van der Waals surface area contributed by atoms with Crippen molar-refractivity contribution in [2.24, 2.45) is 0 Å². The molecule has 0 N–H and O–H groups in total. The lowest BCUT2D eigenvalue weighted by Crippen LogP contribution is -2.30. The van der Waals surface area contributed by atoms with E-state index in [4.69, 9.17) is 0 Å². The van der Waals surface area contributed by atoms with Crippen LogP contribution in [0.2, 0.25) is 0 Å². The first-order valence-corrected chi connectivity index (χ1v) is 43.4. The molecule has 16 aromatic carbocycles. The van der Waals surface area contributed by atoms with Gasteiger partial charge in [0, 0.05) is 23.0 Å². The molecule has 578 valence electrons. The zero-order valence-electron chi connectivity index (χ0n) is 68.5. The van der Waals surface area contributed by atoms with Crippen molar-refractivity contribution in [1.29, 1.82) is 0 Å². The van der Waals surface area contributed by atoms with Gasteiger partial charge in [-0.1, -0.05) is 430 Å². The fraction of sp³-hybridized carbons (Fsp3) is 0.153. The number of aryl methyl sites for hydroxylation is 2. The van der Waals surface area contributed by atoms with Gasteiger partial charge >= 0.3 is 0 Å². The predicted molar refractivity (Wildman–Crippen MR) is 503 cm³/mol. The molecule has 0 bridgehead atoms. The van der Waals surface area contributed by atoms with E-state index in [0.717, 1.165) is 53.9 Å². The lowest BCUT2D eigenvalue weighted by atomic mass is 9.66. The molecule has 3 aliphatic carbocycles. The molecule has 16 aromatic rings. The lowest BCUT2D eigenvalue weighted by Gasteiger charge is -2.36. The molecule has 0 aromatic heterocycles. The van der Waals surface area contributed by atoms with Crippen molar-refractivity contribution >= 4 is 29.2 Å². The summed E-state index contributed by atoms with van der Waals surface area (Å²) in [5.41, 5.74) is 38.0. The summed E-state index contributed by atoms with van der Waals surface area (Å²) in [5, 5.41) is 0. The second-order valence-electron chi connectivity index (χ2n) is 33.4. The van der Waals surface area contributed by atoms with Crippen molar-refractivity contribution in [1.82, 2.24) is 0 Å². The van der Waals surface area contributed by atoms with Crippen LogP contribution in [0.1, 0.15) is 177 Å². The Morgan fingerprint density at radius 2 is 0.597 bits per heavy atom. The normalized spacial score (nSPS) is 15.2. The third kappa shape index (κ3) is 13.8. The SMILES string of the molecule is C=Cc1ccc(CC2(c3ccccc3)c3ccccc3-c3ccc(C(c4ccc(-c5ccccc5)cc4)c4ccc5c(c4)C(c4ccc(CCCCCC)cc4)(c4ccc(CCCCCC)cc4)c4cc(N(c6ccc(-c7ccccc7)cc6)c6ccc7c(c6)C(Cc6ccc(C=C)cc6)(c6ccccc6)c6ccccc6-7)ccc4-5)cc32)cc1. The molecule has 0 radical (unpaired) electrons. The van der Waals surface area contributed by atoms with Crippen molar-refractivity contribution in [2.45, 2.75) is 113 Å². The van der Waals surface area contributed by atoms with Crippen molar-refractivity contribution in [3.8, 4) is 55.6 Å². The highest BCUT2D eigenvalue weighted by Gasteiger charge is 2.50. The number of hydrogen-bond donors (Lipinski definition) is 0. The van der Waals surface area contributed by atoms with E-state index in [1.54, 1.807) is 0 Å². The number of nitrogens with zero attached hydrogens (tertiary/aromatic N) is 1. The predicted octanol–water partition coefficient (Wildman–Crippen LogP) is 30.7. The molecule has 0 saturated heterocycles. The maximum absolute atomic E-state index is 4.16. The van der Waals surface area contributed by atoms with Crippen LogP contribution in [0.15, 0.2) is 401 Å². The van der Waals surface area contributed by atoms with Crippen LogP contribution in [-0.4, -0.2) is 0 Å². The smallest absolute Gasteiger partial charge is 0.0714 e. The van der Waals surface area contributed by atoms with E-state index in [0.29, 0.717) is 0 Å². The fourth-order valence-electron chi connectivity index (χ4n) is 20.6. The molecule has 19 rings (SSSR count). The van der Waals surface area contributed by atoms with E-state index in [9.17, 15) is 0 Å². The van der Waals surface area contributed by atoms with E-state index in [1.807, 2.05) is 12.2 Å². The lowest BCUT2D eigenvalue weighted by molar-refractivity contribution is 0.628. The topological polar surface area (TPSA) is 3.24 Å². The van der Waals surface area contributed by atoms with Crippen LogP contribution in [0, 0.1) is 0 Å². The summed E-state index contributed by atoms with van der Waals surface area (Å²) in [5.74, 6) is -0.192. The van der Waals surface area contributed by atoms with Gasteiger partial charge in [0.2, 0.25) is 0 Å². The average Bonchev–Trinajstić information content (AvgIpc) is 1.56. The summed E-state index contributed by atoms with van der Waals surface area (Å²) >= 11 is 0. The second kappa shape index (κ2) is 33.1. The molecule has 0 fully saturated rings. The third-order valence-corrected chi connectivity index (χ3v) is 26.5. The summed E-state index contributed by atoms with van der Waals surface area (Å²) in [6, 6.07) is 150. The molecule has 119 heavy (non-hydrogen) atoms. The largest absolute Gasteiger partial charge is 0.310 e. The molecular weight excluding hydrogens is 1430 g/mol. The zero-order chi connectivity index (χ0) is 80.3. The Morgan fingerprint density at radius 3 is 1.04 bits per heavy atom. The first-order valence-electron chi connectivity index (χ1n) is 43.4. The molecule has 0 spiro atoms. The van der Waals surface area contributed by atoms with Gasteiger partial charge in [-0.05, 0) is 236 Å². The molecule has 0 aliphatic heterocycles. The average molecular weight is 1530 g/mol. The minimum atomic E-state index is -0.810. The van der Waals surface area contributed by atoms with Crippen LogP contribution < -0.4 is 4.90 Å². The molecular formula is C118H101N. The molecule has 3 unspecified atom stereocenters. The van der Waals surface area contributed by atoms with Gasteiger partial charge in [-0.3, -0.25) is 0 Å². The van der Waals surface area contributed by atoms with Crippen LogP contribution in [0.5, 0.6) is 0 Å². The molecule has 1 heteroatoms. The Morgan fingerprint density at radius 1 is 0.261 bits per heavy atom. The highest BCUT2D eigenvalue weighted by atomic mass is 15.1. The number of rotatable bonds is 28. The summed E-state index contributed by atoms with van der Waals surface area (Å²) in [6.45, 7) is 12.9. The van der Waals surface area contributed by atoms with E-state index in [2.05, 4.69) is 420 Å². The maximum Gasteiger partial charge on any atom is 0.0714 e. The van der Waals surface area contributed by atoms with Gasteiger partial charge in [-0.2, -0.15) is 0 Å². The van der Waals surface area contributed by atoms with Gasteiger partial charge in [0.05, 0.1) is 16.2 Å². The van der Waals surface area contributed by atoms with Gasteiger partial charge in [0.1, 0.15) is 0 Å². The molecule has 3 aliphatic rings. The van der Waals surface area contributed by atoms with Crippen LogP contribution in [0.25, 0.3) is 67.8 Å². The van der Waals surface area contributed by atoms with E-state index in [-0.39, 0.29) is 5.92 Å². The van der Waals surface area contributed by atoms with Crippen molar-refractivity contribution in [3.05, 3.63) is 507 Å². The van der Waals surface area contributed by atoms with Crippen LogP contribution >= 0.6 is 0 Å². The minimum absolute atomic E-state index is 0.192. The first-order chi connectivity index (χ1) is 58.8. The zero-order valence-corrected chi connectivity index (χ0v) is 68.5. The minimum Gasteiger partial charge on any atom is -0.310 e. The van der Waals surface area contributed by atoms with Crippen molar-refractivity contribution in [2.75, 3.05) is 4.90 Å². The fourth-order valence-corrected chi connectivity index (χ4v) is 20.6. The number of hydrogen-bond acceptors (Lipinski definition) is 1. The summed E-state index contributed by atoms with van der Waals surface area (Å²) in [4.78, 5) is 2.57. The standard InChI is InChI=1S/C118H101N/c1-5-9-11-17-31-85-53-65-98(66-54-85)118(99-67-55-86(56-68-99)32-18-12-10-6-2)113-78-95(115(93-59-57-91(58-60-93)89-33-19-13-20-34-89)94-63-73-105-103-41-27-29-43-109(103)116(111(105)77-94,96-37-23-15-24-38-96)81-87-49-45-83(7-3)46-50-87)64-74-107(113)108-76-72-102(80-114(108)118)119(100-69-61-92(62-70-100)90-35-21-14-22-36-90)101-71-75-106-104-42-28-30-44-110(104)117(112(106)79-101,97-39-25-16-26-40-97)82-88-51-47-84(8-4)48-52-88/h7-8,13-16,19-30,33-80,115H,3-6,9-12,17-18,31-32,81-82H2,1-2H3. The van der Waals surface area contributed by atoms with Gasteiger partial charge in [0.15, 0.2) is 0 Å². The number of fused-ring (bicyclic) bond motifs is 9. The Balaban J connectivity index is 0.849. The van der Waals surface area contributed by atoms with Gasteiger partial charge in [-0.15, -0.1) is 0 Å². The maximum atomic E-state index is 4.16. The summed E-state index contributed by atoms with van der Waals surface area (Å²) < 4.78 is 0. The highest BCUT2D eigenvalue weighted by Crippen LogP contribution is 2.61. The molecule has 0 amide bonds. The van der Waals surface area contributed by atoms with Crippen molar-refractivity contribution in [3.63, 3.8) is 0 Å². The number of anilines is 3. The first kappa shape index (κ1) is 75.8. The van der Waals surface area contributed by atoms with Gasteiger partial charge in [-0.25, -0.2) is 0 Å². The van der Waals surface area contributed by atoms with Crippen LogP contribution in [0.3, 0.4) is 0 Å². The van der Waals surface area contributed by atoms with Crippen LogP contribution in [-0.2, 0) is 41.9 Å².